The molecule has 0 radical (unpaired) electrons. The van der Waals surface area contributed by atoms with E-state index in [1.807, 2.05) is 11.9 Å². The lowest BCUT2D eigenvalue weighted by atomic mass is 9.95. The predicted octanol–water partition coefficient (Wildman–Crippen LogP) is 3.32. The van der Waals surface area contributed by atoms with Gasteiger partial charge in [-0.25, -0.2) is 18.2 Å². The van der Waals surface area contributed by atoms with Crippen molar-refractivity contribution >= 4 is 28.4 Å². The number of halogens is 3. The van der Waals surface area contributed by atoms with Crippen LogP contribution in [0.2, 0.25) is 0 Å². The number of thioether (sulfide) groups is 1. The minimum absolute atomic E-state index is 0.0907. The van der Waals surface area contributed by atoms with Crippen LogP contribution in [-0.4, -0.2) is 66.2 Å². The van der Waals surface area contributed by atoms with Crippen molar-refractivity contribution in [2.24, 2.45) is 5.92 Å². The number of likely N-dealkylation sites (tertiary alicyclic amines) is 1. The minimum Gasteiger partial charge on any atom is -0.382 e. The summed E-state index contributed by atoms with van der Waals surface area (Å²) >= 11 is 1.67. The Morgan fingerprint density at radius 2 is 2.06 bits per heavy atom. The molecule has 2 aromatic rings. The number of aromatic nitrogens is 2. The quantitative estimate of drug-likeness (QED) is 0.695. The number of rotatable bonds is 6. The van der Waals surface area contributed by atoms with Crippen molar-refractivity contribution in [2.45, 2.75) is 36.4 Å². The van der Waals surface area contributed by atoms with Crippen LogP contribution in [0.3, 0.4) is 0 Å². The standard InChI is InChI=1S/C21H27F3N4O2S/c1-28-5-2-12(14(22)10-28)9-25-16-8-15-18(20(24)19(16)23)21(29)27-17(26-15)11-31-13-3-6-30-7-4-13/h8,12-14,25H,2-7,9-11H2,1H3,(H,26,27,29)/t12-,14+/m1/s1. The summed E-state index contributed by atoms with van der Waals surface area (Å²) in [5, 5.41) is 2.86. The first-order valence-corrected chi connectivity index (χ1v) is 11.6. The molecule has 0 unspecified atom stereocenters. The molecule has 3 heterocycles. The van der Waals surface area contributed by atoms with Crippen LogP contribution >= 0.6 is 11.8 Å². The number of benzene rings is 1. The Kier molecular flexibility index (Phi) is 7.08. The van der Waals surface area contributed by atoms with Crippen LogP contribution < -0.4 is 10.9 Å². The van der Waals surface area contributed by atoms with Gasteiger partial charge in [0.15, 0.2) is 11.6 Å². The third kappa shape index (κ3) is 5.18. The highest BCUT2D eigenvalue weighted by Gasteiger charge is 2.28. The molecule has 1 aromatic heterocycles. The van der Waals surface area contributed by atoms with Crippen LogP contribution in [0, 0.1) is 17.6 Å². The number of nitrogens with zero attached hydrogens (tertiary/aromatic N) is 2. The molecular weight excluding hydrogens is 429 g/mol. The molecule has 170 valence electrons. The lowest BCUT2D eigenvalue weighted by Gasteiger charge is -2.32. The zero-order valence-electron chi connectivity index (χ0n) is 17.4. The molecule has 10 heteroatoms. The highest BCUT2D eigenvalue weighted by Crippen LogP contribution is 2.28. The van der Waals surface area contributed by atoms with E-state index in [0.717, 1.165) is 32.6 Å². The summed E-state index contributed by atoms with van der Waals surface area (Å²) in [6, 6.07) is 1.34. The van der Waals surface area contributed by atoms with Crippen LogP contribution in [-0.2, 0) is 10.5 Å². The maximum absolute atomic E-state index is 14.6. The van der Waals surface area contributed by atoms with Gasteiger partial charge in [-0.05, 0) is 38.9 Å². The topological polar surface area (TPSA) is 70.2 Å². The molecule has 0 aliphatic carbocycles. The third-order valence-corrected chi connectivity index (χ3v) is 7.37. The molecule has 2 N–H and O–H groups in total. The molecular formula is C21H27F3N4O2S. The minimum atomic E-state index is -1.24. The lowest BCUT2D eigenvalue weighted by molar-refractivity contribution is 0.1000. The van der Waals surface area contributed by atoms with E-state index in [1.54, 1.807) is 11.8 Å². The van der Waals surface area contributed by atoms with Crippen molar-refractivity contribution < 1.29 is 17.9 Å². The molecule has 2 aliphatic rings. The molecule has 2 fully saturated rings. The van der Waals surface area contributed by atoms with Crippen molar-refractivity contribution in [1.82, 2.24) is 14.9 Å². The second-order valence-corrected chi connectivity index (χ2v) is 9.58. The molecule has 1 aromatic carbocycles. The number of piperidine rings is 1. The number of hydrogen-bond acceptors (Lipinski definition) is 6. The fourth-order valence-corrected chi connectivity index (χ4v) is 5.15. The molecule has 6 nitrogen and oxygen atoms in total. The molecule has 0 bridgehead atoms. The summed E-state index contributed by atoms with van der Waals surface area (Å²) in [6.45, 7) is 2.71. The molecule has 0 saturated carbocycles. The Morgan fingerprint density at radius 1 is 1.29 bits per heavy atom. The average molecular weight is 457 g/mol. The summed E-state index contributed by atoms with van der Waals surface area (Å²) in [6.07, 6.45) is 1.47. The number of nitrogens with one attached hydrogen (secondary N) is 2. The van der Waals surface area contributed by atoms with Gasteiger partial charge in [0, 0.05) is 37.5 Å². The van der Waals surface area contributed by atoms with Gasteiger partial charge in [-0.2, -0.15) is 11.8 Å². The number of alkyl halides is 1. The van der Waals surface area contributed by atoms with E-state index in [2.05, 4.69) is 15.3 Å². The maximum atomic E-state index is 14.6. The number of aromatic amines is 1. The Bertz CT molecular complexity index is 983. The number of anilines is 1. The monoisotopic (exact) mass is 456 g/mol. The first kappa shape index (κ1) is 22.4. The fourth-order valence-electron chi connectivity index (χ4n) is 4.10. The van der Waals surface area contributed by atoms with Gasteiger partial charge in [0.1, 0.15) is 17.4 Å². The number of ether oxygens (including phenoxy) is 1. The average Bonchev–Trinajstić information content (AvgIpc) is 2.75. The smallest absolute Gasteiger partial charge is 0.261 e. The van der Waals surface area contributed by atoms with E-state index >= 15 is 0 Å². The van der Waals surface area contributed by atoms with Gasteiger partial charge in [0.2, 0.25) is 0 Å². The van der Waals surface area contributed by atoms with Crippen LogP contribution in [0.5, 0.6) is 0 Å². The molecule has 4 rings (SSSR count). The van der Waals surface area contributed by atoms with Crippen molar-refractivity contribution in [1.29, 1.82) is 0 Å². The van der Waals surface area contributed by atoms with Crippen molar-refractivity contribution in [3.8, 4) is 0 Å². The van der Waals surface area contributed by atoms with Gasteiger partial charge in [0.05, 0.1) is 17.0 Å². The van der Waals surface area contributed by atoms with Crippen LogP contribution in [0.4, 0.5) is 18.9 Å². The van der Waals surface area contributed by atoms with Crippen LogP contribution in [0.1, 0.15) is 25.1 Å². The van der Waals surface area contributed by atoms with E-state index in [0.29, 0.717) is 29.8 Å². The predicted molar refractivity (Wildman–Crippen MR) is 116 cm³/mol. The molecule has 0 amide bonds. The van der Waals surface area contributed by atoms with Crippen LogP contribution in [0.15, 0.2) is 10.9 Å². The van der Waals surface area contributed by atoms with Gasteiger partial charge in [-0.15, -0.1) is 0 Å². The maximum Gasteiger partial charge on any atom is 0.261 e. The van der Waals surface area contributed by atoms with Gasteiger partial charge >= 0.3 is 0 Å². The van der Waals surface area contributed by atoms with Crippen molar-refractivity contribution in [3.05, 3.63) is 33.9 Å². The Balaban J connectivity index is 1.52. The van der Waals surface area contributed by atoms with E-state index in [9.17, 15) is 18.0 Å². The summed E-state index contributed by atoms with van der Waals surface area (Å²) in [7, 11) is 1.86. The van der Waals surface area contributed by atoms with Crippen molar-refractivity contribution in [2.75, 3.05) is 45.2 Å². The normalized spacial score (nSPS) is 23.4. The summed E-state index contributed by atoms with van der Waals surface area (Å²) in [5.74, 6) is -1.78. The zero-order chi connectivity index (χ0) is 22.0. The first-order chi connectivity index (χ1) is 14.9. The van der Waals surface area contributed by atoms with Gasteiger partial charge in [-0.1, -0.05) is 0 Å². The zero-order valence-corrected chi connectivity index (χ0v) is 18.2. The van der Waals surface area contributed by atoms with Gasteiger partial charge in [0.25, 0.3) is 5.56 Å². The van der Waals surface area contributed by atoms with Gasteiger partial charge in [-0.3, -0.25) is 4.79 Å². The Labute approximate surface area is 182 Å². The molecule has 0 spiro atoms. The Morgan fingerprint density at radius 3 is 2.81 bits per heavy atom. The number of hydrogen-bond donors (Lipinski definition) is 2. The molecule has 2 aliphatic heterocycles. The molecule has 2 atom stereocenters. The summed E-state index contributed by atoms with van der Waals surface area (Å²) in [4.78, 5) is 21.3. The van der Waals surface area contributed by atoms with Crippen LogP contribution in [0.25, 0.3) is 10.9 Å². The second-order valence-electron chi connectivity index (χ2n) is 8.29. The third-order valence-electron chi connectivity index (χ3n) is 5.98. The fraction of sp³-hybridized carbons (Fsp3) is 0.619. The van der Waals surface area contributed by atoms with E-state index in [1.165, 1.54) is 6.07 Å². The highest BCUT2D eigenvalue weighted by molar-refractivity contribution is 7.99. The van der Waals surface area contributed by atoms with Gasteiger partial charge < -0.3 is 19.9 Å². The molecule has 31 heavy (non-hydrogen) atoms. The second kappa shape index (κ2) is 9.79. The van der Waals surface area contributed by atoms with E-state index in [-0.39, 0.29) is 23.7 Å². The first-order valence-electron chi connectivity index (χ1n) is 10.6. The summed E-state index contributed by atoms with van der Waals surface area (Å²) in [5.41, 5.74) is -0.708. The van der Waals surface area contributed by atoms with E-state index in [4.69, 9.17) is 4.74 Å². The highest BCUT2D eigenvalue weighted by atomic mass is 32.2. The van der Waals surface area contributed by atoms with E-state index < -0.39 is 28.8 Å². The summed E-state index contributed by atoms with van der Waals surface area (Å²) < 4.78 is 48.8. The van der Waals surface area contributed by atoms with Crippen molar-refractivity contribution in [3.63, 3.8) is 0 Å². The number of fused-ring (bicyclic) bond motifs is 1. The number of H-pyrrole nitrogens is 1. The Hall–Kier alpha value is -1.78. The lowest BCUT2D eigenvalue weighted by Crippen LogP contribution is -2.42. The SMILES string of the molecule is CN1CC[C@H](CNc2cc3nc(CSC4CCOCC4)[nH]c(=O)c3c(F)c2F)[C@@H](F)C1. The molecule has 2 saturated heterocycles. The largest absolute Gasteiger partial charge is 0.382 e.